The molecule has 0 spiro atoms. The zero-order valence-corrected chi connectivity index (χ0v) is 21.9. The SMILES string of the molecule is O=C(COc1ccc(C(F)(F)F)cc1)N1CCc2c(ncnc2NCC(O)C23CC4CCCC(C2)[C@H](C4)C3)C1. The molecule has 39 heavy (non-hydrogen) atoms. The monoisotopic (exact) mass is 544 g/mol. The Hall–Kier alpha value is -2.88. The fraction of sp³-hybridized carbons (Fsp3) is 0.621. The minimum absolute atomic E-state index is 0.0229. The minimum atomic E-state index is -4.42. The summed E-state index contributed by atoms with van der Waals surface area (Å²) in [7, 11) is 0. The van der Waals surface area contributed by atoms with Crippen LogP contribution in [0.1, 0.15) is 61.8 Å². The fourth-order valence-electron chi connectivity index (χ4n) is 7.73. The largest absolute Gasteiger partial charge is 0.484 e. The van der Waals surface area contributed by atoms with E-state index in [0.717, 1.165) is 60.4 Å². The van der Waals surface area contributed by atoms with Crippen LogP contribution in [0.25, 0.3) is 0 Å². The van der Waals surface area contributed by atoms with E-state index < -0.39 is 17.8 Å². The van der Waals surface area contributed by atoms with Gasteiger partial charge >= 0.3 is 6.18 Å². The van der Waals surface area contributed by atoms with Gasteiger partial charge in [-0.3, -0.25) is 4.79 Å². The molecule has 4 unspecified atom stereocenters. The Bertz CT molecular complexity index is 1200. The van der Waals surface area contributed by atoms with Gasteiger partial charge in [0.2, 0.25) is 0 Å². The molecule has 2 heterocycles. The number of ether oxygens (including phenoxy) is 1. The van der Waals surface area contributed by atoms with Crippen molar-refractivity contribution in [2.75, 3.05) is 25.0 Å². The molecule has 210 valence electrons. The van der Waals surface area contributed by atoms with Crippen LogP contribution < -0.4 is 10.1 Å². The number of halogens is 3. The lowest BCUT2D eigenvalue weighted by Gasteiger charge is -2.41. The van der Waals surface area contributed by atoms with Gasteiger partial charge in [0.25, 0.3) is 5.91 Å². The molecule has 10 heteroatoms. The lowest BCUT2D eigenvalue weighted by Crippen LogP contribution is -2.42. The number of alkyl halides is 3. The van der Waals surface area contributed by atoms with Crippen molar-refractivity contribution in [2.24, 2.45) is 23.2 Å². The summed E-state index contributed by atoms with van der Waals surface area (Å²) in [6.45, 7) is 0.953. The van der Waals surface area contributed by atoms with Crippen LogP contribution in [-0.4, -0.2) is 51.7 Å². The highest BCUT2D eigenvalue weighted by atomic mass is 19.4. The maximum Gasteiger partial charge on any atom is 0.416 e. The van der Waals surface area contributed by atoms with Crippen LogP contribution in [0.3, 0.4) is 0 Å². The molecular weight excluding hydrogens is 509 g/mol. The molecule has 3 aliphatic carbocycles. The first-order chi connectivity index (χ1) is 18.7. The molecule has 5 atom stereocenters. The summed E-state index contributed by atoms with van der Waals surface area (Å²) in [6.07, 6.45) is 5.93. The molecule has 2 aromatic rings. The molecule has 4 aliphatic rings. The number of hydrogen-bond donors (Lipinski definition) is 2. The number of fused-ring (bicyclic) bond motifs is 3. The van der Waals surface area contributed by atoms with Crippen LogP contribution >= 0.6 is 0 Å². The van der Waals surface area contributed by atoms with Crippen LogP contribution in [0, 0.1) is 23.2 Å². The van der Waals surface area contributed by atoms with Gasteiger partial charge in [0.1, 0.15) is 17.9 Å². The summed E-state index contributed by atoms with van der Waals surface area (Å²) in [4.78, 5) is 23.3. The smallest absolute Gasteiger partial charge is 0.416 e. The second-order valence-electron chi connectivity index (χ2n) is 11.9. The predicted molar refractivity (Wildman–Crippen MR) is 138 cm³/mol. The molecule has 2 N–H and O–H groups in total. The minimum Gasteiger partial charge on any atom is -0.484 e. The molecule has 3 fully saturated rings. The van der Waals surface area contributed by atoms with E-state index in [2.05, 4.69) is 15.3 Å². The summed E-state index contributed by atoms with van der Waals surface area (Å²) in [5, 5.41) is 14.8. The Morgan fingerprint density at radius 1 is 1.15 bits per heavy atom. The average molecular weight is 545 g/mol. The number of carbonyl (C=O) groups is 1. The Balaban J connectivity index is 1.04. The Morgan fingerprint density at radius 2 is 1.95 bits per heavy atom. The molecular formula is C29H35F3N4O3. The van der Waals surface area contributed by atoms with Gasteiger partial charge in [-0.15, -0.1) is 0 Å². The number of rotatable bonds is 7. The van der Waals surface area contributed by atoms with Crippen molar-refractivity contribution >= 4 is 11.7 Å². The molecule has 0 saturated heterocycles. The molecule has 6 rings (SSSR count). The molecule has 1 aliphatic heterocycles. The summed E-state index contributed by atoms with van der Waals surface area (Å²) in [5.74, 6) is 2.96. The molecule has 1 aromatic heterocycles. The van der Waals surface area contributed by atoms with E-state index in [9.17, 15) is 23.1 Å². The van der Waals surface area contributed by atoms with E-state index in [1.165, 1.54) is 44.1 Å². The van der Waals surface area contributed by atoms with Gasteiger partial charge in [-0.05, 0) is 79.5 Å². The quantitative estimate of drug-likeness (QED) is 0.519. The first-order valence-corrected chi connectivity index (χ1v) is 14.0. The third kappa shape index (κ3) is 5.32. The topological polar surface area (TPSA) is 87.6 Å². The number of aromatic nitrogens is 2. The van der Waals surface area contributed by atoms with E-state index in [1.54, 1.807) is 4.90 Å². The van der Waals surface area contributed by atoms with E-state index in [-0.39, 0.29) is 23.7 Å². The van der Waals surface area contributed by atoms with Crippen LogP contribution in [0.4, 0.5) is 19.0 Å². The number of carbonyl (C=O) groups excluding carboxylic acids is 1. The van der Waals surface area contributed by atoms with Crippen molar-refractivity contribution in [2.45, 2.75) is 70.2 Å². The molecule has 0 radical (unpaired) electrons. The average Bonchev–Trinajstić information content (AvgIpc) is 3.10. The highest BCUT2D eigenvalue weighted by molar-refractivity contribution is 5.78. The highest BCUT2D eigenvalue weighted by Gasteiger charge is 2.54. The van der Waals surface area contributed by atoms with E-state index in [4.69, 9.17) is 4.74 Å². The van der Waals surface area contributed by atoms with Gasteiger partial charge in [0.15, 0.2) is 6.61 Å². The van der Waals surface area contributed by atoms with Gasteiger partial charge in [-0.2, -0.15) is 13.2 Å². The first kappa shape index (κ1) is 26.3. The van der Waals surface area contributed by atoms with Gasteiger partial charge in [0, 0.05) is 18.7 Å². The van der Waals surface area contributed by atoms with Crippen molar-refractivity contribution in [1.82, 2.24) is 14.9 Å². The summed E-state index contributed by atoms with van der Waals surface area (Å²) < 4.78 is 43.7. The number of hydrogen-bond acceptors (Lipinski definition) is 6. The van der Waals surface area contributed by atoms with Gasteiger partial charge in [-0.25, -0.2) is 9.97 Å². The zero-order chi connectivity index (χ0) is 27.2. The summed E-state index contributed by atoms with van der Waals surface area (Å²) in [5.41, 5.74) is 0.968. The van der Waals surface area contributed by atoms with Crippen molar-refractivity contribution in [1.29, 1.82) is 0 Å². The number of aliphatic hydroxyl groups excluding tert-OH is 1. The highest BCUT2D eigenvalue weighted by Crippen LogP contribution is 2.61. The number of amides is 1. The van der Waals surface area contributed by atoms with E-state index in [0.29, 0.717) is 31.9 Å². The van der Waals surface area contributed by atoms with Gasteiger partial charge < -0.3 is 20.1 Å². The Labute approximate surface area is 226 Å². The standard InChI is InChI=1S/C29H35F3N4O3/c30-29(31,32)21-4-6-22(7-5-21)39-16-26(38)36-9-8-23-24(15-36)34-17-35-27(23)33-14-25(37)28-11-18-2-1-3-19(12-28)20(10-18)13-28/h4-7,17-20,25,37H,1-3,8-16H2,(H,33,34,35)/t18?,19?,20-,25?,28?/m1/s1. The lowest BCUT2D eigenvalue weighted by molar-refractivity contribution is -0.138. The number of anilines is 1. The third-order valence-corrected chi connectivity index (χ3v) is 9.60. The Morgan fingerprint density at radius 3 is 2.74 bits per heavy atom. The lowest BCUT2D eigenvalue weighted by atomic mass is 9.66. The molecule has 1 aromatic carbocycles. The molecule has 3 saturated carbocycles. The molecule has 3 bridgehead atoms. The summed E-state index contributed by atoms with van der Waals surface area (Å²) in [6, 6.07) is 4.30. The van der Waals surface area contributed by atoms with Crippen molar-refractivity contribution in [3.63, 3.8) is 0 Å². The van der Waals surface area contributed by atoms with Crippen LogP contribution in [0.5, 0.6) is 5.75 Å². The normalized spacial score (nSPS) is 28.5. The first-order valence-electron chi connectivity index (χ1n) is 14.0. The third-order valence-electron chi connectivity index (χ3n) is 9.60. The second-order valence-corrected chi connectivity index (χ2v) is 11.9. The van der Waals surface area contributed by atoms with Crippen molar-refractivity contribution in [3.05, 3.63) is 47.4 Å². The molecule has 7 nitrogen and oxygen atoms in total. The molecule has 1 amide bonds. The fourth-order valence-corrected chi connectivity index (χ4v) is 7.73. The van der Waals surface area contributed by atoms with Crippen molar-refractivity contribution in [3.8, 4) is 5.75 Å². The van der Waals surface area contributed by atoms with Gasteiger partial charge in [-0.1, -0.05) is 19.3 Å². The maximum absolute atomic E-state index is 12.8. The predicted octanol–water partition coefficient (Wildman–Crippen LogP) is 4.84. The number of aliphatic hydroxyl groups is 1. The van der Waals surface area contributed by atoms with E-state index >= 15 is 0 Å². The second kappa shape index (κ2) is 10.3. The number of nitrogens with zero attached hydrogens (tertiary/aromatic N) is 3. The van der Waals surface area contributed by atoms with Crippen LogP contribution in [-0.2, 0) is 23.9 Å². The maximum atomic E-state index is 12.8. The van der Waals surface area contributed by atoms with Crippen molar-refractivity contribution < 1.29 is 27.8 Å². The van der Waals surface area contributed by atoms with Crippen LogP contribution in [0.15, 0.2) is 30.6 Å². The van der Waals surface area contributed by atoms with Gasteiger partial charge in [0.05, 0.1) is 23.9 Å². The summed E-state index contributed by atoms with van der Waals surface area (Å²) >= 11 is 0. The number of nitrogens with one attached hydrogen (secondary N) is 1. The van der Waals surface area contributed by atoms with E-state index in [1.807, 2.05) is 0 Å². The Kier molecular flexibility index (Phi) is 6.93. The number of benzene rings is 1. The zero-order valence-electron chi connectivity index (χ0n) is 21.9. The van der Waals surface area contributed by atoms with Crippen LogP contribution in [0.2, 0.25) is 0 Å².